The van der Waals surface area contributed by atoms with Crippen LogP contribution in [0.2, 0.25) is 0 Å². The Labute approximate surface area is 126 Å². The smallest absolute Gasteiger partial charge is 0.0671 e. The summed E-state index contributed by atoms with van der Waals surface area (Å²) in [6, 6.07) is 8.62. The van der Waals surface area contributed by atoms with Gasteiger partial charge in [0.2, 0.25) is 0 Å². The van der Waals surface area contributed by atoms with Gasteiger partial charge in [-0.15, -0.1) is 0 Å². The lowest BCUT2D eigenvalue weighted by Gasteiger charge is -2.22. The summed E-state index contributed by atoms with van der Waals surface area (Å²) < 4.78 is 1.90. The Bertz CT molecular complexity index is 597. The predicted molar refractivity (Wildman–Crippen MR) is 87.8 cm³/mol. The number of aryl methyl sites for hydroxylation is 2. The highest BCUT2D eigenvalue weighted by Gasteiger charge is 2.15. The first-order valence-electron chi connectivity index (χ1n) is 7.87. The number of para-hydroxylation sites is 2. The van der Waals surface area contributed by atoms with Gasteiger partial charge < -0.3 is 10.2 Å². The molecule has 3 rings (SSSR count). The Kier molecular flexibility index (Phi) is 4.13. The molecule has 0 amide bonds. The van der Waals surface area contributed by atoms with Gasteiger partial charge in [0, 0.05) is 38.4 Å². The van der Waals surface area contributed by atoms with Crippen LogP contribution in [0.25, 0.3) is 0 Å². The second kappa shape index (κ2) is 6.20. The third-order valence-corrected chi connectivity index (χ3v) is 4.15. The molecule has 21 heavy (non-hydrogen) atoms. The van der Waals surface area contributed by atoms with E-state index in [1.165, 1.54) is 48.6 Å². The van der Waals surface area contributed by atoms with E-state index in [-0.39, 0.29) is 0 Å². The topological polar surface area (TPSA) is 33.1 Å². The summed E-state index contributed by atoms with van der Waals surface area (Å²) in [4.78, 5) is 2.48. The standard InChI is InChI=1S/C17H24N4/c1-3-15-14(13-20(2)19-15)12-18-16-8-4-5-9-17(16)21-10-6-7-11-21/h4-5,8-9,13,18H,3,6-7,10-12H2,1-2H3. The highest BCUT2D eigenvalue weighted by Crippen LogP contribution is 2.29. The third-order valence-electron chi connectivity index (χ3n) is 4.15. The van der Waals surface area contributed by atoms with Crippen molar-refractivity contribution < 1.29 is 0 Å². The summed E-state index contributed by atoms with van der Waals surface area (Å²) in [5.41, 5.74) is 5.03. The van der Waals surface area contributed by atoms with Crippen molar-refractivity contribution >= 4 is 11.4 Å². The van der Waals surface area contributed by atoms with Crippen LogP contribution < -0.4 is 10.2 Å². The van der Waals surface area contributed by atoms with Crippen LogP contribution in [-0.2, 0) is 20.0 Å². The van der Waals surface area contributed by atoms with Gasteiger partial charge in [-0.3, -0.25) is 4.68 Å². The van der Waals surface area contributed by atoms with E-state index in [9.17, 15) is 0 Å². The molecule has 0 atom stereocenters. The van der Waals surface area contributed by atoms with Crippen molar-refractivity contribution in [2.24, 2.45) is 7.05 Å². The first-order chi connectivity index (χ1) is 10.3. The summed E-state index contributed by atoms with van der Waals surface area (Å²) in [6.07, 6.45) is 5.70. The highest BCUT2D eigenvalue weighted by atomic mass is 15.3. The number of aromatic nitrogens is 2. The zero-order chi connectivity index (χ0) is 14.7. The molecule has 1 aliphatic rings. The average Bonchev–Trinajstić information content (AvgIpc) is 3.14. The molecule has 0 unspecified atom stereocenters. The third kappa shape index (κ3) is 3.04. The summed E-state index contributed by atoms with van der Waals surface area (Å²) in [5.74, 6) is 0. The van der Waals surface area contributed by atoms with Crippen molar-refractivity contribution in [2.45, 2.75) is 32.7 Å². The zero-order valence-electron chi connectivity index (χ0n) is 13.0. The summed E-state index contributed by atoms with van der Waals surface area (Å²) >= 11 is 0. The second-order valence-corrected chi connectivity index (χ2v) is 5.69. The number of nitrogens with one attached hydrogen (secondary N) is 1. The van der Waals surface area contributed by atoms with E-state index < -0.39 is 0 Å². The van der Waals surface area contributed by atoms with E-state index in [1.54, 1.807) is 0 Å². The van der Waals surface area contributed by atoms with Gasteiger partial charge in [0.15, 0.2) is 0 Å². The first-order valence-corrected chi connectivity index (χ1v) is 7.87. The fourth-order valence-corrected chi connectivity index (χ4v) is 3.08. The zero-order valence-corrected chi connectivity index (χ0v) is 13.0. The van der Waals surface area contributed by atoms with Gasteiger partial charge in [-0.1, -0.05) is 19.1 Å². The summed E-state index contributed by atoms with van der Waals surface area (Å²) in [6.45, 7) is 5.34. The normalized spacial score (nSPS) is 14.7. The molecule has 0 radical (unpaired) electrons. The highest BCUT2D eigenvalue weighted by molar-refractivity contribution is 5.70. The molecule has 0 spiro atoms. The Hall–Kier alpha value is -1.97. The summed E-state index contributed by atoms with van der Waals surface area (Å²) in [5, 5.41) is 8.11. The maximum absolute atomic E-state index is 4.51. The van der Waals surface area contributed by atoms with Crippen LogP contribution in [0.15, 0.2) is 30.5 Å². The molecule has 1 aromatic carbocycles. The van der Waals surface area contributed by atoms with E-state index in [0.717, 1.165) is 13.0 Å². The van der Waals surface area contributed by atoms with E-state index in [1.807, 2.05) is 11.7 Å². The van der Waals surface area contributed by atoms with Crippen LogP contribution in [-0.4, -0.2) is 22.9 Å². The van der Waals surface area contributed by atoms with Crippen LogP contribution in [0.3, 0.4) is 0 Å². The molecular weight excluding hydrogens is 260 g/mol. The lowest BCUT2D eigenvalue weighted by molar-refractivity contribution is 0.746. The average molecular weight is 284 g/mol. The van der Waals surface area contributed by atoms with Crippen molar-refractivity contribution in [1.29, 1.82) is 0 Å². The van der Waals surface area contributed by atoms with E-state index in [2.05, 4.69) is 52.7 Å². The predicted octanol–water partition coefficient (Wildman–Crippen LogP) is 3.19. The van der Waals surface area contributed by atoms with Gasteiger partial charge in [0.05, 0.1) is 17.1 Å². The molecule has 1 fully saturated rings. The van der Waals surface area contributed by atoms with Gasteiger partial charge >= 0.3 is 0 Å². The van der Waals surface area contributed by atoms with Gasteiger partial charge in [-0.25, -0.2) is 0 Å². The van der Waals surface area contributed by atoms with Crippen molar-refractivity contribution in [3.05, 3.63) is 41.7 Å². The van der Waals surface area contributed by atoms with E-state index >= 15 is 0 Å². The maximum atomic E-state index is 4.51. The lowest BCUT2D eigenvalue weighted by Crippen LogP contribution is -2.19. The number of hydrogen-bond donors (Lipinski definition) is 1. The van der Waals surface area contributed by atoms with E-state index in [0.29, 0.717) is 0 Å². The number of anilines is 2. The van der Waals surface area contributed by atoms with Crippen molar-refractivity contribution in [3.8, 4) is 0 Å². The molecule has 1 N–H and O–H groups in total. The Morgan fingerprint density at radius 3 is 2.71 bits per heavy atom. The van der Waals surface area contributed by atoms with E-state index in [4.69, 9.17) is 0 Å². The Morgan fingerprint density at radius 2 is 1.95 bits per heavy atom. The molecule has 2 heterocycles. The molecule has 4 heteroatoms. The fraction of sp³-hybridized carbons (Fsp3) is 0.471. The van der Waals surface area contributed by atoms with Crippen molar-refractivity contribution in [2.75, 3.05) is 23.3 Å². The molecule has 112 valence electrons. The Morgan fingerprint density at radius 1 is 1.19 bits per heavy atom. The first kappa shape index (κ1) is 14.0. The summed E-state index contributed by atoms with van der Waals surface area (Å²) in [7, 11) is 1.99. The minimum Gasteiger partial charge on any atom is -0.379 e. The SMILES string of the molecule is CCc1nn(C)cc1CNc1ccccc1N1CCCC1. The molecule has 0 aliphatic carbocycles. The molecule has 2 aromatic rings. The van der Waals surface area contributed by atoms with Crippen molar-refractivity contribution in [1.82, 2.24) is 9.78 Å². The van der Waals surface area contributed by atoms with Gasteiger partial charge in [-0.05, 0) is 31.4 Å². The van der Waals surface area contributed by atoms with Gasteiger partial charge in [0.25, 0.3) is 0 Å². The van der Waals surface area contributed by atoms with Crippen LogP contribution in [0, 0.1) is 0 Å². The monoisotopic (exact) mass is 284 g/mol. The minimum absolute atomic E-state index is 0.835. The number of rotatable bonds is 5. The van der Waals surface area contributed by atoms with Gasteiger partial charge in [-0.2, -0.15) is 5.10 Å². The van der Waals surface area contributed by atoms with Crippen LogP contribution in [0.4, 0.5) is 11.4 Å². The van der Waals surface area contributed by atoms with Crippen LogP contribution in [0.1, 0.15) is 31.0 Å². The number of hydrogen-bond acceptors (Lipinski definition) is 3. The molecule has 0 bridgehead atoms. The minimum atomic E-state index is 0.835. The Balaban J connectivity index is 1.75. The molecule has 1 aromatic heterocycles. The molecule has 1 aliphatic heterocycles. The molecule has 0 saturated carbocycles. The van der Waals surface area contributed by atoms with Crippen molar-refractivity contribution in [3.63, 3.8) is 0 Å². The molecule has 4 nitrogen and oxygen atoms in total. The van der Waals surface area contributed by atoms with Crippen LogP contribution >= 0.6 is 0 Å². The fourth-order valence-electron chi connectivity index (χ4n) is 3.08. The quantitative estimate of drug-likeness (QED) is 0.915. The second-order valence-electron chi connectivity index (χ2n) is 5.69. The lowest BCUT2D eigenvalue weighted by atomic mass is 10.2. The van der Waals surface area contributed by atoms with Gasteiger partial charge in [0.1, 0.15) is 0 Å². The number of benzene rings is 1. The van der Waals surface area contributed by atoms with Crippen LogP contribution in [0.5, 0.6) is 0 Å². The molecular formula is C17H24N4. The maximum Gasteiger partial charge on any atom is 0.0671 e. The largest absolute Gasteiger partial charge is 0.379 e. The number of nitrogens with zero attached hydrogens (tertiary/aromatic N) is 3. The molecule has 1 saturated heterocycles.